The fraction of sp³-hybridized carbons (Fsp3) is 0.0508. The normalized spacial score (nSPS) is 13.1. The van der Waals surface area contributed by atoms with Gasteiger partial charge in [0.1, 0.15) is 0 Å². The van der Waals surface area contributed by atoms with Crippen LogP contribution in [0.3, 0.4) is 0 Å². The minimum Gasteiger partial charge on any atom is -0.0616 e. The summed E-state index contributed by atoms with van der Waals surface area (Å²) in [6, 6.07) is 76.7. The van der Waals surface area contributed by atoms with E-state index < -0.39 is 0 Å². The summed E-state index contributed by atoms with van der Waals surface area (Å²) in [6.07, 6.45) is 0. The molecule has 0 atom stereocenters. The monoisotopic (exact) mass is 748 g/mol. The molecule has 0 N–H and O–H groups in total. The van der Waals surface area contributed by atoms with Gasteiger partial charge in [-0.3, -0.25) is 0 Å². The second kappa shape index (κ2) is 12.9. The molecule has 0 spiro atoms. The van der Waals surface area contributed by atoms with E-state index in [-0.39, 0.29) is 5.41 Å². The smallest absolute Gasteiger partial charge is 0.0171 e. The number of rotatable bonds is 4. The Morgan fingerprint density at radius 3 is 1.37 bits per heavy atom. The largest absolute Gasteiger partial charge is 0.0616 e. The van der Waals surface area contributed by atoms with Crippen LogP contribution in [-0.2, 0) is 5.41 Å². The van der Waals surface area contributed by atoms with Gasteiger partial charge in [0.25, 0.3) is 0 Å². The van der Waals surface area contributed by atoms with Crippen LogP contribution in [-0.4, -0.2) is 0 Å². The summed E-state index contributed by atoms with van der Waals surface area (Å²) in [5.74, 6) is 0. The quantitative estimate of drug-likeness (QED) is 0.124. The zero-order chi connectivity index (χ0) is 39.2. The van der Waals surface area contributed by atoms with Gasteiger partial charge in [0, 0.05) is 5.41 Å². The molecule has 1 aliphatic rings. The minimum absolute atomic E-state index is 0.209. The van der Waals surface area contributed by atoms with E-state index >= 15 is 0 Å². The predicted molar refractivity (Wildman–Crippen MR) is 253 cm³/mol. The molecule has 0 nitrogen and oxygen atoms in total. The Kier molecular flexibility index (Phi) is 7.38. The summed E-state index contributed by atoms with van der Waals surface area (Å²) >= 11 is 0. The lowest BCUT2D eigenvalue weighted by Gasteiger charge is -2.26. The highest BCUT2D eigenvalue weighted by atomic mass is 14.4. The first-order valence-electron chi connectivity index (χ1n) is 20.8. The van der Waals surface area contributed by atoms with E-state index in [1.807, 2.05) is 0 Å². The number of hydrogen-bond acceptors (Lipinski definition) is 0. The first-order chi connectivity index (χ1) is 29.1. The lowest BCUT2D eigenvalue weighted by molar-refractivity contribution is 0.668. The number of hydrogen-bond donors (Lipinski definition) is 0. The Balaban J connectivity index is 1.09. The highest BCUT2D eigenvalue weighted by Crippen LogP contribution is 2.57. The van der Waals surface area contributed by atoms with E-state index in [0.717, 1.165) is 0 Å². The highest BCUT2D eigenvalue weighted by Gasteiger charge is 2.40. The Bertz CT molecular complexity index is 3460. The van der Waals surface area contributed by atoms with Crippen LogP contribution in [0.1, 0.15) is 25.0 Å². The molecule has 276 valence electrons. The van der Waals surface area contributed by atoms with Gasteiger partial charge in [-0.15, -0.1) is 0 Å². The van der Waals surface area contributed by atoms with Gasteiger partial charge in [0.05, 0.1) is 0 Å². The Labute approximate surface area is 344 Å². The summed E-state index contributed by atoms with van der Waals surface area (Å²) in [5.41, 5.74) is 15.4. The Hall–Kier alpha value is -7.28. The van der Waals surface area contributed by atoms with Crippen molar-refractivity contribution in [3.05, 3.63) is 217 Å². The topological polar surface area (TPSA) is 0 Å². The SMILES string of the molecule is CC1(C)c2c(-c3cccc(-c4c5ccccc5c(-c5ccccc5-c5cccc6ccccc56)c5ccccc45)c3)cccc2-c2c1c1ccccc1c1ccccc21. The molecular weight excluding hydrogens is 709 g/mol. The van der Waals surface area contributed by atoms with Gasteiger partial charge in [-0.25, -0.2) is 0 Å². The van der Waals surface area contributed by atoms with E-state index in [2.05, 4.69) is 220 Å². The van der Waals surface area contributed by atoms with Gasteiger partial charge < -0.3 is 0 Å². The van der Waals surface area contributed by atoms with Crippen LogP contribution in [0.2, 0.25) is 0 Å². The van der Waals surface area contributed by atoms with Crippen LogP contribution in [0.25, 0.3) is 109 Å². The van der Waals surface area contributed by atoms with Crippen molar-refractivity contribution in [1.29, 1.82) is 0 Å². The molecule has 0 radical (unpaired) electrons. The van der Waals surface area contributed by atoms with Crippen LogP contribution >= 0.6 is 0 Å². The fourth-order valence-corrected chi connectivity index (χ4v) is 10.8. The van der Waals surface area contributed by atoms with Crippen molar-refractivity contribution in [3.8, 4) is 55.6 Å². The minimum atomic E-state index is -0.209. The summed E-state index contributed by atoms with van der Waals surface area (Å²) in [4.78, 5) is 0. The summed E-state index contributed by atoms with van der Waals surface area (Å²) in [6.45, 7) is 4.87. The van der Waals surface area contributed by atoms with Gasteiger partial charge in [-0.1, -0.05) is 214 Å². The average molecular weight is 749 g/mol. The lowest BCUT2D eigenvalue weighted by atomic mass is 9.76. The van der Waals surface area contributed by atoms with E-state index in [4.69, 9.17) is 0 Å². The summed E-state index contributed by atoms with van der Waals surface area (Å²) in [5, 5.41) is 12.9. The van der Waals surface area contributed by atoms with Crippen molar-refractivity contribution >= 4 is 53.9 Å². The zero-order valence-corrected chi connectivity index (χ0v) is 33.1. The maximum absolute atomic E-state index is 2.45. The molecule has 0 heteroatoms. The molecule has 0 fully saturated rings. The highest BCUT2D eigenvalue weighted by molar-refractivity contribution is 6.23. The van der Waals surface area contributed by atoms with Gasteiger partial charge >= 0.3 is 0 Å². The summed E-state index contributed by atoms with van der Waals surface area (Å²) in [7, 11) is 0. The van der Waals surface area contributed by atoms with E-state index in [0.29, 0.717) is 0 Å². The maximum Gasteiger partial charge on any atom is 0.0171 e. The second-order valence-corrected chi connectivity index (χ2v) is 16.7. The maximum atomic E-state index is 2.45. The van der Waals surface area contributed by atoms with Crippen molar-refractivity contribution in [1.82, 2.24) is 0 Å². The van der Waals surface area contributed by atoms with Crippen LogP contribution < -0.4 is 0 Å². The fourth-order valence-electron chi connectivity index (χ4n) is 10.8. The molecule has 0 heterocycles. The van der Waals surface area contributed by atoms with Crippen molar-refractivity contribution in [2.75, 3.05) is 0 Å². The summed E-state index contributed by atoms with van der Waals surface area (Å²) < 4.78 is 0. The van der Waals surface area contributed by atoms with Crippen molar-refractivity contribution in [3.63, 3.8) is 0 Å². The first kappa shape index (κ1) is 33.8. The van der Waals surface area contributed by atoms with Crippen molar-refractivity contribution < 1.29 is 0 Å². The van der Waals surface area contributed by atoms with Gasteiger partial charge in [-0.05, 0) is 127 Å². The molecular formula is C59H40. The zero-order valence-electron chi connectivity index (χ0n) is 33.1. The molecule has 0 saturated carbocycles. The molecule has 0 unspecified atom stereocenters. The van der Waals surface area contributed by atoms with E-state index in [9.17, 15) is 0 Å². The third-order valence-electron chi connectivity index (χ3n) is 13.2. The standard InChI is InChI=1S/C59H40/c1-59(2)57-41(33-17-35-53(57)56-47-27-9-6-24-44(47)45-25-7-14-32-52(45)58(56)59)38-20-15-21-39(36-38)54-48-28-10-12-30-50(48)55(51-31-13-11-29-49(51)54)46-26-8-5-23-43(46)42-34-16-19-37-18-3-4-22-40(37)42/h3-36H,1-2H3. The predicted octanol–water partition coefficient (Wildman–Crippen LogP) is 16.4. The molecule has 11 aromatic rings. The molecule has 0 aliphatic heterocycles. The molecule has 59 heavy (non-hydrogen) atoms. The molecule has 1 aliphatic carbocycles. The van der Waals surface area contributed by atoms with E-state index in [1.165, 1.54) is 121 Å². The van der Waals surface area contributed by atoms with Crippen LogP contribution in [0, 0.1) is 0 Å². The Morgan fingerprint density at radius 1 is 0.254 bits per heavy atom. The first-order valence-corrected chi connectivity index (χ1v) is 20.8. The van der Waals surface area contributed by atoms with Crippen LogP contribution in [0.5, 0.6) is 0 Å². The molecule has 0 aromatic heterocycles. The third-order valence-corrected chi connectivity index (χ3v) is 13.2. The molecule has 0 saturated heterocycles. The third kappa shape index (κ3) is 4.90. The number of fused-ring (bicyclic) bond motifs is 11. The van der Waals surface area contributed by atoms with Gasteiger partial charge in [0.15, 0.2) is 0 Å². The second-order valence-electron chi connectivity index (χ2n) is 16.7. The number of benzene rings is 11. The average Bonchev–Trinajstić information content (AvgIpc) is 3.55. The lowest BCUT2D eigenvalue weighted by Crippen LogP contribution is -2.17. The van der Waals surface area contributed by atoms with Crippen molar-refractivity contribution in [2.24, 2.45) is 0 Å². The van der Waals surface area contributed by atoms with Gasteiger partial charge in [-0.2, -0.15) is 0 Å². The molecule has 12 rings (SSSR count). The van der Waals surface area contributed by atoms with Crippen LogP contribution in [0.15, 0.2) is 206 Å². The molecule has 0 amide bonds. The van der Waals surface area contributed by atoms with E-state index in [1.54, 1.807) is 0 Å². The Morgan fingerprint density at radius 2 is 0.678 bits per heavy atom. The van der Waals surface area contributed by atoms with Gasteiger partial charge in [0.2, 0.25) is 0 Å². The van der Waals surface area contributed by atoms with Crippen molar-refractivity contribution in [2.45, 2.75) is 19.3 Å². The van der Waals surface area contributed by atoms with Crippen LogP contribution in [0.4, 0.5) is 0 Å². The molecule has 0 bridgehead atoms. The molecule has 11 aromatic carbocycles.